The van der Waals surface area contributed by atoms with Crippen LogP contribution in [0.4, 0.5) is 17.4 Å². The molecule has 0 spiro atoms. The van der Waals surface area contributed by atoms with Gasteiger partial charge in [-0.3, -0.25) is 4.79 Å². The number of rotatable bonds is 8. The molecule has 1 aromatic heterocycles. The molecule has 1 N–H and O–H groups in total. The highest BCUT2D eigenvalue weighted by molar-refractivity contribution is 9.10. The van der Waals surface area contributed by atoms with Crippen molar-refractivity contribution in [2.75, 3.05) is 31.4 Å². The van der Waals surface area contributed by atoms with Crippen molar-refractivity contribution >= 4 is 50.1 Å². The van der Waals surface area contributed by atoms with Gasteiger partial charge in [-0.1, -0.05) is 48.5 Å². The summed E-state index contributed by atoms with van der Waals surface area (Å²) in [7, 11) is 5.66. The van der Waals surface area contributed by atoms with Crippen LogP contribution in [0.2, 0.25) is 0 Å². The van der Waals surface area contributed by atoms with E-state index in [-0.39, 0.29) is 11.9 Å². The number of hydrogen-bond acceptors (Lipinski definition) is 6. The van der Waals surface area contributed by atoms with Crippen LogP contribution in [0.15, 0.2) is 74.3 Å². The van der Waals surface area contributed by atoms with Gasteiger partial charge in [0, 0.05) is 50.0 Å². The average molecular weight is 549 g/mol. The van der Waals surface area contributed by atoms with Crippen molar-refractivity contribution in [1.82, 2.24) is 9.88 Å². The van der Waals surface area contributed by atoms with Gasteiger partial charge in [0.15, 0.2) is 0 Å². The molecular formula is C28H29BrN4O3. The first-order valence-corrected chi connectivity index (χ1v) is 12.5. The van der Waals surface area contributed by atoms with Crippen molar-refractivity contribution in [3.05, 3.63) is 92.2 Å². The number of hydrogen-bond donors (Lipinski definition) is 1. The van der Waals surface area contributed by atoms with E-state index in [9.17, 15) is 9.59 Å². The Hall–Kier alpha value is -3.65. The minimum Gasteiger partial charge on any atom is -0.388 e. The summed E-state index contributed by atoms with van der Waals surface area (Å²) in [5.74, 6) is 0.0557. The standard InChI is InChI=1S/C28H29BrN4O3/c1-18-23(32(2)3)16-21(29)26-25(18)27(35)36-28(31-26)30-22-13-9-8-12-20(22)14-15-24(34)33(4)17-19-10-6-5-7-11-19/h5-13,16H,14-15,17H2,1-4H3,(H,30,31). The molecule has 1 amide bonds. The Morgan fingerprint density at radius 1 is 1.06 bits per heavy atom. The Bertz CT molecular complexity index is 1450. The van der Waals surface area contributed by atoms with Gasteiger partial charge in [-0.05, 0) is 58.1 Å². The van der Waals surface area contributed by atoms with Gasteiger partial charge in [0.25, 0.3) is 0 Å². The normalized spacial score (nSPS) is 10.9. The fourth-order valence-corrected chi connectivity index (χ4v) is 4.72. The smallest absolute Gasteiger partial charge is 0.348 e. The largest absolute Gasteiger partial charge is 0.388 e. The number of nitrogens with zero attached hydrogens (tertiary/aromatic N) is 3. The molecule has 36 heavy (non-hydrogen) atoms. The summed E-state index contributed by atoms with van der Waals surface area (Å²) in [6, 6.07) is 19.6. The molecule has 0 saturated heterocycles. The Morgan fingerprint density at radius 2 is 1.75 bits per heavy atom. The molecule has 0 fully saturated rings. The highest BCUT2D eigenvalue weighted by Gasteiger charge is 2.17. The number of benzene rings is 3. The second kappa shape index (κ2) is 11.0. The lowest BCUT2D eigenvalue weighted by Gasteiger charge is -2.18. The van der Waals surface area contributed by atoms with E-state index in [1.54, 1.807) is 4.90 Å². The monoisotopic (exact) mass is 548 g/mol. The van der Waals surface area contributed by atoms with E-state index in [4.69, 9.17) is 4.42 Å². The van der Waals surface area contributed by atoms with Gasteiger partial charge in [0.1, 0.15) is 0 Å². The van der Waals surface area contributed by atoms with Crippen LogP contribution in [0.1, 0.15) is 23.1 Å². The minimum absolute atomic E-state index is 0.0557. The average Bonchev–Trinajstić information content (AvgIpc) is 2.85. The molecule has 0 radical (unpaired) electrons. The SMILES string of the molecule is Cc1c(N(C)C)cc(Br)c2nc(Nc3ccccc3CCC(=O)N(C)Cc3ccccc3)oc(=O)c12. The van der Waals surface area contributed by atoms with Crippen LogP contribution in [-0.4, -0.2) is 36.9 Å². The summed E-state index contributed by atoms with van der Waals surface area (Å²) in [4.78, 5) is 33.9. The molecule has 1 heterocycles. The Balaban J connectivity index is 1.53. The van der Waals surface area contributed by atoms with Gasteiger partial charge in [-0.15, -0.1) is 0 Å². The van der Waals surface area contributed by atoms with E-state index in [0.717, 1.165) is 28.1 Å². The van der Waals surface area contributed by atoms with E-state index < -0.39 is 5.63 Å². The third kappa shape index (κ3) is 5.60. The Labute approximate surface area is 218 Å². The molecule has 3 aromatic carbocycles. The molecule has 0 bridgehead atoms. The van der Waals surface area contributed by atoms with Gasteiger partial charge in [0.05, 0.1) is 10.9 Å². The molecule has 0 aliphatic heterocycles. The number of carbonyl (C=O) groups excluding carboxylic acids is 1. The number of fused-ring (bicyclic) bond motifs is 1. The molecule has 4 aromatic rings. The Morgan fingerprint density at radius 3 is 2.47 bits per heavy atom. The Kier molecular flexibility index (Phi) is 7.74. The quantitative estimate of drug-likeness (QED) is 0.306. The summed E-state index contributed by atoms with van der Waals surface area (Å²) < 4.78 is 6.27. The van der Waals surface area contributed by atoms with Crippen LogP contribution in [0.5, 0.6) is 0 Å². The second-order valence-electron chi connectivity index (χ2n) is 8.94. The molecule has 4 rings (SSSR count). The van der Waals surface area contributed by atoms with Crippen molar-refractivity contribution < 1.29 is 9.21 Å². The number of anilines is 3. The van der Waals surface area contributed by atoms with Gasteiger partial charge in [-0.2, -0.15) is 4.98 Å². The number of halogens is 1. The van der Waals surface area contributed by atoms with E-state index in [1.165, 1.54) is 0 Å². The van der Waals surface area contributed by atoms with Crippen molar-refractivity contribution in [2.24, 2.45) is 0 Å². The molecule has 186 valence electrons. The zero-order chi connectivity index (χ0) is 25.8. The third-order valence-corrected chi connectivity index (χ3v) is 6.73. The maximum absolute atomic E-state index is 12.9. The van der Waals surface area contributed by atoms with E-state index >= 15 is 0 Å². The van der Waals surface area contributed by atoms with Crippen LogP contribution in [0.25, 0.3) is 10.9 Å². The van der Waals surface area contributed by atoms with Gasteiger partial charge >= 0.3 is 11.6 Å². The molecule has 0 saturated carbocycles. The van der Waals surface area contributed by atoms with E-state index in [1.807, 2.05) is 93.6 Å². The minimum atomic E-state index is -0.459. The fourth-order valence-electron chi connectivity index (χ4n) is 4.22. The maximum Gasteiger partial charge on any atom is 0.348 e. The number of amides is 1. The van der Waals surface area contributed by atoms with Crippen LogP contribution in [-0.2, 0) is 17.8 Å². The topological polar surface area (TPSA) is 78.7 Å². The summed E-state index contributed by atoms with van der Waals surface area (Å²) in [5, 5.41) is 3.59. The molecule has 8 heteroatoms. The predicted molar refractivity (Wildman–Crippen MR) is 148 cm³/mol. The van der Waals surface area contributed by atoms with E-state index in [2.05, 4.69) is 26.2 Å². The number of aromatic nitrogens is 1. The molecule has 7 nitrogen and oxygen atoms in total. The molecule has 0 atom stereocenters. The third-order valence-electron chi connectivity index (χ3n) is 6.13. The molecule has 0 aliphatic carbocycles. The lowest BCUT2D eigenvalue weighted by molar-refractivity contribution is -0.130. The predicted octanol–water partition coefficient (Wildman–Crippen LogP) is 5.66. The molecule has 0 aliphatic rings. The maximum atomic E-state index is 12.9. The highest BCUT2D eigenvalue weighted by atomic mass is 79.9. The van der Waals surface area contributed by atoms with Gasteiger partial charge in [0.2, 0.25) is 5.91 Å². The van der Waals surface area contributed by atoms with Gasteiger partial charge < -0.3 is 19.5 Å². The summed E-state index contributed by atoms with van der Waals surface area (Å²) in [6.07, 6.45) is 0.892. The lowest BCUT2D eigenvalue weighted by atomic mass is 10.1. The lowest BCUT2D eigenvalue weighted by Crippen LogP contribution is -2.26. The summed E-state index contributed by atoms with van der Waals surface area (Å²) in [6.45, 7) is 2.45. The zero-order valence-corrected chi connectivity index (χ0v) is 22.4. The van der Waals surface area contributed by atoms with Crippen LogP contribution in [0.3, 0.4) is 0 Å². The van der Waals surface area contributed by atoms with Gasteiger partial charge in [-0.25, -0.2) is 4.79 Å². The summed E-state index contributed by atoms with van der Waals surface area (Å²) >= 11 is 3.56. The second-order valence-corrected chi connectivity index (χ2v) is 9.80. The van der Waals surface area contributed by atoms with Crippen molar-refractivity contribution in [3.63, 3.8) is 0 Å². The number of para-hydroxylation sites is 1. The van der Waals surface area contributed by atoms with Crippen LogP contribution >= 0.6 is 15.9 Å². The highest BCUT2D eigenvalue weighted by Crippen LogP contribution is 2.32. The molecule has 0 unspecified atom stereocenters. The first kappa shape index (κ1) is 25.4. The van der Waals surface area contributed by atoms with Crippen molar-refractivity contribution in [3.8, 4) is 0 Å². The zero-order valence-electron chi connectivity index (χ0n) is 20.8. The first-order chi connectivity index (χ1) is 17.2. The fraction of sp³-hybridized carbons (Fsp3) is 0.250. The van der Waals surface area contributed by atoms with Crippen LogP contribution in [0, 0.1) is 6.92 Å². The summed E-state index contributed by atoms with van der Waals surface area (Å²) in [5.41, 5.74) is 4.56. The van der Waals surface area contributed by atoms with Crippen molar-refractivity contribution in [1.29, 1.82) is 0 Å². The first-order valence-electron chi connectivity index (χ1n) is 11.7. The van der Waals surface area contributed by atoms with Crippen LogP contribution < -0.4 is 15.8 Å². The number of nitrogens with one attached hydrogen (secondary N) is 1. The van der Waals surface area contributed by atoms with E-state index in [0.29, 0.717) is 34.8 Å². The number of aryl methyl sites for hydroxylation is 2. The number of carbonyl (C=O) groups is 1. The van der Waals surface area contributed by atoms with Crippen molar-refractivity contribution in [2.45, 2.75) is 26.3 Å². The molecular weight excluding hydrogens is 520 g/mol.